The summed E-state index contributed by atoms with van der Waals surface area (Å²) in [6, 6.07) is 11.6. The first-order chi connectivity index (χ1) is 22.4. The number of unbranched alkanes of at least 4 members (excludes halogenated alkanes) is 1. The predicted molar refractivity (Wildman–Crippen MR) is 186 cm³/mol. The molecule has 242 valence electrons. The molecule has 2 aromatic heterocycles. The van der Waals surface area contributed by atoms with Crippen LogP contribution in [0.1, 0.15) is 139 Å². The Labute approximate surface area is 277 Å². The number of carbonyl (C=O) groups is 1. The van der Waals surface area contributed by atoms with Gasteiger partial charge in [-0.3, -0.25) is 4.79 Å². The molecule has 3 aromatic rings. The van der Waals surface area contributed by atoms with E-state index in [4.69, 9.17) is 20.1 Å². The molecule has 2 aliphatic carbocycles. The number of hydrogen-bond donors (Lipinski definition) is 0. The molecular weight excluding hydrogens is 591 g/mol. The van der Waals surface area contributed by atoms with Crippen LogP contribution < -0.4 is 4.90 Å². The van der Waals surface area contributed by atoms with E-state index in [9.17, 15) is 10.1 Å². The molecule has 1 atom stereocenters. The first-order valence-electron chi connectivity index (χ1n) is 17.5. The second-order valence-corrected chi connectivity index (χ2v) is 14.3. The molecule has 3 heterocycles. The van der Waals surface area contributed by atoms with Crippen molar-refractivity contribution in [2.24, 2.45) is 4.99 Å². The van der Waals surface area contributed by atoms with Gasteiger partial charge in [0.1, 0.15) is 28.0 Å². The molecule has 0 saturated heterocycles. The first-order valence-corrected chi connectivity index (χ1v) is 18.3. The zero-order valence-corrected chi connectivity index (χ0v) is 28.7. The maximum absolute atomic E-state index is 13.5. The third-order valence-corrected chi connectivity index (χ3v) is 11.1. The summed E-state index contributed by atoms with van der Waals surface area (Å²) in [5, 5.41) is 16.6. The van der Waals surface area contributed by atoms with Crippen LogP contribution >= 0.6 is 11.3 Å². The number of aryl methyl sites for hydroxylation is 1. The van der Waals surface area contributed by atoms with E-state index < -0.39 is 5.91 Å². The van der Waals surface area contributed by atoms with E-state index in [1.165, 1.54) is 74.5 Å². The molecule has 2 fully saturated rings. The summed E-state index contributed by atoms with van der Waals surface area (Å²) in [6.45, 7) is 8.22. The van der Waals surface area contributed by atoms with Gasteiger partial charge in [-0.05, 0) is 52.4 Å². The minimum atomic E-state index is -0.428. The molecule has 0 radical (unpaired) electrons. The summed E-state index contributed by atoms with van der Waals surface area (Å²) >= 11 is 1.64. The Morgan fingerprint density at radius 1 is 1.00 bits per heavy atom. The van der Waals surface area contributed by atoms with Gasteiger partial charge < -0.3 is 4.90 Å². The van der Waals surface area contributed by atoms with Crippen LogP contribution in [0.2, 0.25) is 0 Å². The number of benzene rings is 1. The van der Waals surface area contributed by atoms with Crippen LogP contribution in [0.3, 0.4) is 0 Å². The Kier molecular flexibility index (Phi) is 10.1. The van der Waals surface area contributed by atoms with E-state index in [0.717, 1.165) is 47.1 Å². The van der Waals surface area contributed by atoms with Crippen LogP contribution in [0, 0.1) is 18.3 Å². The minimum absolute atomic E-state index is 0.0666. The molecule has 1 aromatic carbocycles. The van der Waals surface area contributed by atoms with Crippen molar-refractivity contribution < 1.29 is 4.79 Å². The minimum Gasteiger partial charge on any atom is -0.342 e. The van der Waals surface area contributed by atoms with E-state index >= 15 is 0 Å². The van der Waals surface area contributed by atoms with Crippen molar-refractivity contribution in [1.29, 1.82) is 5.26 Å². The Morgan fingerprint density at radius 2 is 1.65 bits per heavy atom. The monoisotopic (exact) mass is 637 g/mol. The molecule has 0 spiro atoms. The molecule has 1 unspecified atom stereocenters. The lowest BCUT2D eigenvalue weighted by Crippen LogP contribution is -2.45. The van der Waals surface area contributed by atoms with Gasteiger partial charge in [0.2, 0.25) is 0 Å². The maximum atomic E-state index is 13.5. The molecule has 3 aliphatic rings. The van der Waals surface area contributed by atoms with Crippen LogP contribution in [0.4, 0.5) is 10.1 Å². The van der Waals surface area contributed by atoms with Gasteiger partial charge in [0, 0.05) is 29.1 Å². The SMILES string of the molecule is CCCCC(CC)c1nc2n(n1)C(=O)C(C#N)=C(C)/C2=N/c1sc(N(C2CCCCC2)C2CCCCC2)nc1-c1ccc(C)cc1. The van der Waals surface area contributed by atoms with E-state index in [1.54, 1.807) is 11.3 Å². The number of nitriles is 1. The van der Waals surface area contributed by atoms with E-state index in [1.807, 2.05) is 6.92 Å². The van der Waals surface area contributed by atoms with Crippen molar-refractivity contribution in [2.75, 3.05) is 4.90 Å². The van der Waals surface area contributed by atoms with Crippen molar-refractivity contribution in [1.82, 2.24) is 19.7 Å². The molecule has 2 saturated carbocycles. The van der Waals surface area contributed by atoms with E-state index in [2.05, 4.69) is 56.0 Å². The third kappa shape index (κ3) is 6.46. The number of fused-ring (bicyclic) bond motifs is 1. The van der Waals surface area contributed by atoms with Gasteiger partial charge in [-0.15, -0.1) is 5.10 Å². The smallest absolute Gasteiger partial charge is 0.291 e. The number of anilines is 1. The fraction of sp³-hybridized carbons (Fsp3) is 0.568. The number of rotatable bonds is 10. The van der Waals surface area contributed by atoms with Crippen molar-refractivity contribution in [3.05, 3.63) is 52.6 Å². The Bertz CT molecular complexity index is 1630. The number of hydrogen-bond acceptors (Lipinski definition) is 8. The lowest BCUT2D eigenvalue weighted by Gasteiger charge is -2.41. The average Bonchev–Trinajstić information content (AvgIpc) is 3.71. The highest BCUT2D eigenvalue weighted by Gasteiger charge is 2.35. The highest BCUT2D eigenvalue weighted by molar-refractivity contribution is 7.19. The standard InChI is InChI=1S/C37H47N7OS/c1-5-7-14-26(6-2)33-41-34-31(25(4)30(23-38)36(45)44(34)42-33)39-35-32(27-21-19-24(3)20-22-27)40-37(46-35)43(28-15-10-8-11-16-28)29-17-12-9-13-18-29/h19-22,26,28-29H,5-18H2,1-4H3/b39-31-. The quantitative estimate of drug-likeness (QED) is 0.219. The number of carbonyl (C=O) groups excluding carboxylic acids is 1. The summed E-state index contributed by atoms with van der Waals surface area (Å²) < 4.78 is 1.32. The molecule has 0 N–H and O–H groups in total. The Morgan fingerprint density at radius 3 is 2.24 bits per heavy atom. The summed E-state index contributed by atoms with van der Waals surface area (Å²) in [7, 11) is 0. The maximum Gasteiger partial charge on any atom is 0.291 e. The summed E-state index contributed by atoms with van der Waals surface area (Å²) in [4.78, 5) is 31.8. The fourth-order valence-corrected chi connectivity index (χ4v) is 8.51. The van der Waals surface area contributed by atoms with Gasteiger partial charge in [-0.1, -0.05) is 106 Å². The number of thiazole rings is 1. The number of nitrogens with zero attached hydrogens (tertiary/aromatic N) is 7. The van der Waals surface area contributed by atoms with Gasteiger partial charge in [0.15, 0.2) is 16.8 Å². The van der Waals surface area contributed by atoms with Gasteiger partial charge in [-0.2, -0.15) is 9.94 Å². The van der Waals surface area contributed by atoms with Crippen LogP contribution in [-0.2, 0) is 0 Å². The normalized spacial score (nSPS) is 19.4. The lowest BCUT2D eigenvalue weighted by molar-refractivity contribution is 0.0941. The van der Waals surface area contributed by atoms with Crippen LogP contribution in [-0.4, -0.2) is 43.5 Å². The third-order valence-electron chi connectivity index (χ3n) is 10.1. The number of allylic oxidation sites excluding steroid dienone is 2. The summed E-state index contributed by atoms with van der Waals surface area (Å²) in [5.41, 5.74) is 4.19. The van der Waals surface area contributed by atoms with Crippen molar-refractivity contribution in [3.8, 4) is 17.3 Å². The number of aliphatic imine (C=N–C) groups is 1. The van der Waals surface area contributed by atoms with Gasteiger partial charge in [0.25, 0.3) is 5.91 Å². The lowest BCUT2D eigenvalue weighted by atomic mass is 9.89. The second-order valence-electron chi connectivity index (χ2n) is 13.3. The van der Waals surface area contributed by atoms with Gasteiger partial charge >= 0.3 is 0 Å². The molecule has 1 aliphatic heterocycles. The zero-order valence-electron chi connectivity index (χ0n) is 27.9. The van der Waals surface area contributed by atoms with Crippen molar-refractivity contribution >= 4 is 33.1 Å². The molecule has 6 rings (SSSR count). The van der Waals surface area contributed by atoms with Crippen molar-refractivity contribution in [3.63, 3.8) is 0 Å². The second kappa shape index (κ2) is 14.4. The molecule has 0 amide bonds. The molecule has 46 heavy (non-hydrogen) atoms. The molecule has 8 nitrogen and oxygen atoms in total. The highest BCUT2D eigenvalue weighted by atomic mass is 32.1. The predicted octanol–water partition coefficient (Wildman–Crippen LogP) is 9.48. The highest BCUT2D eigenvalue weighted by Crippen LogP contribution is 2.44. The zero-order chi connectivity index (χ0) is 32.2. The van der Waals surface area contributed by atoms with Crippen LogP contribution in [0.5, 0.6) is 0 Å². The van der Waals surface area contributed by atoms with E-state index in [0.29, 0.717) is 35.0 Å². The van der Waals surface area contributed by atoms with Crippen LogP contribution in [0.25, 0.3) is 11.3 Å². The van der Waals surface area contributed by atoms with Gasteiger partial charge in [0.05, 0.1) is 0 Å². The summed E-state index contributed by atoms with van der Waals surface area (Å²) in [6.07, 6.45) is 16.5. The average molecular weight is 638 g/mol. The molecule has 9 heteroatoms. The van der Waals surface area contributed by atoms with Crippen molar-refractivity contribution in [2.45, 2.75) is 136 Å². The fourth-order valence-electron chi connectivity index (χ4n) is 7.40. The first kappa shape index (κ1) is 32.3. The molecular formula is C37H47N7OS. The van der Waals surface area contributed by atoms with Gasteiger partial charge in [-0.25, -0.2) is 15.0 Å². The molecule has 0 bridgehead atoms. The topological polar surface area (TPSA) is 100 Å². The Hall–Kier alpha value is -3.64. The largest absolute Gasteiger partial charge is 0.342 e. The summed E-state index contributed by atoms with van der Waals surface area (Å²) in [5.74, 6) is 0.800. The van der Waals surface area contributed by atoms with E-state index in [-0.39, 0.29) is 11.5 Å². The number of aromatic nitrogens is 4. The Balaban J connectivity index is 1.51. The van der Waals surface area contributed by atoms with Crippen LogP contribution in [0.15, 0.2) is 40.4 Å².